The minimum Gasteiger partial charge on any atom is -0.485 e. The van der Waals surface area contributed by atoms with Crippen LogP contribution in [0.5, 0.6) is 5.75 Å². The number of aryl methyl sites for hydroxylation is 2. The molecule has 0 fully saturated rings. The van der Waals surface area contributed by atoms with Crippen molar-refractivity contribution in [2.45, 2.75) is 39.9 Å². The van der Waals surface area contributed by atoms with Crippen LogP contribution in [0, 0.1) is 6.92 Å². The Hall–Kier alpha value is -1.46. The van der Waals surface area contributed by atoms with Gasteiger partial charge >= 0.3 is 0 Å². The Kier molecular flexibility index (Phi) is 5.09. The summed E-state index contributed by atoms with van der Waals surface area (Å²) < 4.78 is 11.1. The zero-order chi connectivity index (χ0) is 14.5. The molecular formula is C15H20N2O2S. The molecular weight excluding hydrogens is 272 g/mol. The van der Waals surface area contributed by atoms with Gasteiger partial charge in [0.15, 0.2) is 0 Å². The summed E-state index contributed by atoms with van der Waals surface area (Å²) in [5.41, 5.74) is 2.93. The van der Waals surface area contributed by atoms with Gasteiger partial charge in [-0.2, -0.15) is 0 Å². The van der Waals surface area contributed by atoms with Gasteiger partial charge in [-0.3, -0.25) is 4.98 Å². The second-order valence-corrected chi connectivity index (χ2v) is 5.48. The molecule has 5 heteroatoms. The van der Waals surface area contributed by atoms with E-state index in [1.165, 1.54) is 0 Å². The van der Waals surface area contributed by atoms with Crippen LogP contribution in [0.1, 0.15) is 42.0 Å². The first kappa shape index (κ1) is 14.9. The Balaban J connectivity index is 2.03. The molecule has 0 radical (unpaired) electrons. The molecule has 108 valence electrons. The summed E-state index contributed by atoms with van der Waals surface area (Å²) in [7, 11) is 1.69. The quantitative estimate of drug-likeness (QED) is 0.814. The first-order valence-corrected chi connectivity index (χ1v) is 7.58. The van der Waals surface area contributed by atoms with Crippen molar-refractivity contribution in [1.29, 1.82) is 0 Å². The first-order valence-electron chi connectivity index (χ1n) is 6.70. The molecule has 2 aromatic rings. The number of rotatable bonds is 6. The van der Waals surface area contributed by atoms with Crippen LogP contribution in [-0.2, 0) is 17.8 Å². The average Bonchev–Trinajstić information content (AvgIpc) is 2.93. The number of nitrogens with zero attached hydrogens (tertiary/aromatic N) is 2. The normalized spacial score (nSPS) is 12.4. The van der Waals surface area contributed by atoms with Gasteiger partial charge in [0, 0.05) is 18.2 Å². The minimum absolute atomic E-state index is 0.0287. The largest absolute Gasteiger partial charge is 0.485 e. The summed E-state index contributed by atoms with van der Waals surface area (Å²) in [5.74, 6) is 0.840. The summed E-state index contributed by atoms with van der Waals surface area (Å²) in [5, 5.41) is 2.99. The van der Waals surface area contributed by atoms with Crippen LogP contribution in [0.4, 0.5) is 0 Å². The molecule has 0 N–H and O–H groups in total. The number of methoxy groups -OCH3 is 1. The van der Waals surface area contributed by atoms with Crippen molar-refractivity contribution in [2.24, 2.45) is 0 Å². The van der Waals surface area contributed by atoms with Crippen LogP contribution >= 0.6 is 11.3 Å². The van der Waals surface area contributed by atoms with E-state index in [1.54, 1.807) is 18.4 Å². The Morgan fingerprint density at radius 1 is 1.30 bits per heavy atom. The highest BCUT2D eigenvalue weighted by molar-refractivity contribution is 7.09. The predicted molar refractivity (Wildman–Crippen MR) is 80.2 cm³/mol. The third kappa shape index (κ3) is 3.55. The number of aromatic nitrogens is 2. The molecule has 0 aliphatic rings. The lowest BCUT2D eigenvalue weighted by atomic mass is 10.2. The zero-order valence-electron chi connectivity index (χ0n) is 12.3. The SMILES string of the molecule is CCc1nc(C)ccc1OCc1csc([C@H](C)OC)n1. The second-order valence-electron chi connectivity index (χ2n) is 4.59. The van der Waals surface area contributed by atoms with E-state index in [0.717, 1.165) is 34.3 Å². The molecule has 0 spiro atoms. The smallest absolute Gasteiger partial charge is 0.141 e. The summed E-state index contributed by atoms with van der Waals surface area (Å²) in [6, 6.07) is 3.94. The van der Waals surface area contributed by atoms with E-state index in [2.05, 4.69) is 16.9 Å². The lowest BCUT2D eigenvalue weighted by molar-refractivity contribution is 0.119. The molecule has 0 aliphatic carbocycles. The van der Waals surface area contributed by atoms with E-state index >= 15 is 0 Å². The van der Waals surface area contributed by atoms with Crippen molar-refractivity contribution in [3.05, 3.63) is 39.6 Å². The predicted octanol–water partition coefficient (Wildman–Crippen LogP) is 3.70. The molecule has 1 atom stereocenters. The van der Waals surface area contributed by atoms with Crippen LogP contribution in [0.2, 0.25) is 0 Å². The Morgan fingerprint density at radius 2 is 2.10 bits per heavy atom. The number of hydrogen-bond donors (Lipinski definition) is 0. The van der Waals surface area contributed by atoms with Crippen LogP contribution < -0.4 is 4.74 Å². The molecule has 2 aromatic heterocycles. The first-order chi connectivity index (χ1) is 9.63. The summed E-state index contributed by atoms with van der Waals surface area (Å²) in [6.45, 7) is 6.52. The fourth-order valence-corrected chi connectivity index (χ4v) is 2.65. The molecule has 0 aromatic carbocycles. The summed E-state index contributed by atoms with van der Waals surface area (Å²) in [4.78, 5) is 9.01. The van der Waals surface area contributed by atoms with Crippen LogP contribution in [0.25, 0.3) is 0 Å². The minimum atomic E-state index is 0.0287. The fraction of sp³-hybridized carbons (Fsp3) is 0.467. The maximum atomic E-state index is 5.84. The average molecular weight is 292 g/mol. The zero-order valence-corrected chi connectivity index (χ0v) is 13.2. The molecule has 2 rings (SSSR count). The van der Waals surface area contributed by atoms with Gasteiger partial charge in [-0.25, -0.2) is 4.98 Å². The summed E-state index contributed by atoms with van der Waals surface area (Å²) >= 11 is 1.60. The van der Waals surface area contributed by atoms with Gasteiger partial charge < -0.3 is 9.47 Å². The molecule has 0 aliphatic heterocycles. The van der Waals surface area contributed by atoms with Crippen molar-refractivity contribution in [1.82, 2.24) is 9.97 Å². The number of hydrogen-bond acceptors (Lipinski definition) is 5. The molecule has 0 unspecified atom stereocenters. The van der Waals surface area contributed by atoms with Gasteiger partial charge in [-0.1, -0.05) is 6.92 Å². The molecule has 20 heavy (non-hydrogen) atoms. The Labute approximate surface area is 123 Å². The summed E-state index contributed by atoms with van der Waals surface area (Å²) in [6.07, 6.45) is 0.890. The van der Waals surface area contributed by atoms with Crippen molar-refractivity contribution in [3.8, 4) is 5.75 Å². The highest BCUT2D eigenvalue weighted by Crippen LogP contribution is 2.22. The van der Waals surface area contributed by atoms with Crippen LogP contribution in [0.3, 0.4) is 0 Å². The topological polar surface area (TPSA) is 44.2 Å². The number of thiazole rings is 1. The third-order valence-corrected chi connectivity index (χ3v) is 4.11. The van der Waals surface area contributed by atoms with E-state index in [9.17, 15) is 0 Å². The Morgan fingerprint density at radius 3 is 2.80 bits per heavy atom. The van der Waals surface area contributed by atoms with Crippen LogP contribution in [0.15, 0.2) is 17.5 Å². The van der Waals surface area contributed by atoms with E-state index in [0.29, 0.717) is 6.61 Å². The highest BCUT2D eigenvalue weighted by Gasteiger charge is 2.10. The van der Waals surface area contributed by atoms with E-state index < -0.39 is 0 Å². The molecule has 0 saturated carbocycles. The van der Waals surface area contributed by atoms with Gasteiger partial charge in [-0.05, 0) is 32.4 Å². The lowest BCUT2D eigenvalue weighted by Crippen LogP contribution is -2.02. The van der Waals surface area contributed by atoms with Gasteiger partial charge in [0.1, 0.15) is 23.5 Å². The monoisotopic (exact) mass is 292 g/mol. The van der Waals surface area contributed by atoms with E-state index in [-0.39, 0.29) is 6.10 Å². The maximum absolute atomic E-state index is 5.84. The van der Waals surface area contributed by atoms with Gasteiger partial charge in [0.05, 0.1) is 11.4 Å². The molecule has 4 nitrogen and oxygen atoms in total. The van der Waals surface area contributed by atoms with E-state index in [4.69, 9.17) is 9.47 Å². The second kappa shape index (κ2) is 6.81. The fourth-order valence-electron chi connectivity index (χ4n) is 1.81. The van der Waals surface area contributed by atoms with Crippen LogP contribution in [-0.4, -0.2) is 17.1 Å². The van der Waals surface area contributed by atoms with Gasteiger partial charge in [0.2, 0.25) is 0 Å². The molecule has 2 heterocycles. The Bertz CT molecular complexity index is 569. The van der Waals surface area contributed by atoms with E-state index in [1.807, 2.05) is 31.4 Å². The number of ether oxygens (including phenoxy) is 2. The standard InChI is InChI=1S/C15H20N2O2S/c1-5-13-14(7-6-10(2)16-13)19-8-12-9-20-15(17-12)11(3)18-4/h6-7,9,11H,5,8H2,1-4H3/t11-/m0/s1. The molecule has 0 bridgehead atoms. The highest BCUT2D eigenvalue weighted by atomic mass is 32.1. The van der Waals surface area contributed by atoms with Crippen molar-refractivity contribution >= 4 is 11.3 Å². The lowest BCUT2D eigenvalue weighted by Gasteiger charge is -2.09. The third-order valence-electron chi connectivity index (χ3n) is 3.05. The number of pyridine rings is 1. The van der Waals surface area contributed by atoms with Gasteiger partial charge in [-0.15, -0.1) is 11.3 Å². The molecule has 0 amide bonds. The molecule has 0 saturated heterocycles. The maximum Gasteiger partial charge on any atom is 0.141 e. The van der Waals surface area contributed by atoms with Gasteiger partial charge in [0.25, 0.3) is 0 Å². The van der Waals surface area contributed by atoms with Crippen molar-refractivity contribution < 1.29 is 9.47 Å². The van der Waals surface area contributed by atoms with Crippen molar-refractivity contribution in [2.75, 3.05) is 7.11 Å². The van der Waals surface area contributed by atoms with Crippen molar-refractivity contribution in [3.63, 3.8) is 0 Å².